The molecule has 2 amide bonds. The molecule has 0 saturated carbocycles. The molecule has 1 aliphatic rings. The molecule has 1 heterocycles. The fourth-order valence-electron chi connectivity index (χ4n) is 4.74. The molecule has 5 aromatic carbocycles. The van der Waals surface area contributed by atoms with Crippen molar-refractivity contribution in [2.24, 2.45) is 0 Å². The van der Waals surface area contributed by atoms with Crippen molar-refractivity contribution >= 4 is 51.6 Å². The molecule has 0 radical (unpaired) electrons. The Hall–Kier alpha value is -5.27. The highest BCUT2D eigenvalue weighted by Gasteiger charge is 2.39. The van der Waals surface area contributed by atoms with Crippen LogP contribution in [-0.2, 0) is 4.74 Å². The van der Waals surface area contributed by atoms with Crippen molar-refractivity contribution in [3.63, 3.8) is 0 Å². The second kappa shape index (κ2) is 10.7. The zero-order valence-corrected chi connectivity index (χ0v) is 22.1. The van der Waals surface area contributed by atoms with Crippen molar-refractivity contribution in [2.45, 2.75) is 0 Å². The van der Waals surface area contributed by atoms with E-state index in [1.54, 1.807) is 60.7 Å². The highest BCUT2D eigenvalue weighted by Crippen LogP contribution is 2.36. The zero-order valence-electron chi connectivity index (χ0n) is 21.4. The number of amides is 2. The van der Waals surface area contributed by atoms with Crippen molar-refractivity contribution in [3.05, 3.63) is 136 Å². The van der Waals surface area contributed by atoms with Crippen molar-refractivity contribution in [1.29, 1.82) is 0 Å². The molecule has 0 fully saturated rings. The minimum absolute atomic E-state index is 0.0856. The van der Waals surface area contributed by atoms with Gasteiger partial charge in [0.15, 0.2) is 6.61 Å². The quantitative estimate of drug-likeness (QED) is 0.119. The maximum absolute atomic E-state index is 13.5. The van der Waals surface area contributed by atoms with E-state index in [0.717, 1.165) is 15.7 Å². The molecule has 0 unspecified atom stereocenters. The molecule has 200 valence electrons. The minimum atomic E-state index is -0.760. The molecule has 7 nitrogen and oxygen atoms in total. The maximum Gasteiger partial charge on any atom is 0.338 e. The lowest BCUT2D eigenvalue weighted by Gasteiger charge is -2.15. The number of nitrogens with zero attached hydrogens (tertiary/aromatic N) is 1. The standard InChI is InChI=1S/C33H20ClNO6/c34-22-14-16-24(17-15-22)41-29-13-5-12-27-30(29)32(38)35(31(27)37)23-9-3-8-21(18-23)33(39)40-19-28(36)26-11-4-7-20-6-1-2-10-25(20)26/h1-18H,19H2. The first-order chi connectivity index (χ1) is 19.9. The van der Waals surface area contributed by atoms with Crippen LogP contribution in [0.25, 0.3) is 10.8 Å². The predicted molar refractivity (Wildman–Crippen MR) is 154 cm³/mol. The van der Waals surface area contributed by atoms with Crippen LogP contribution in [0.15, 0.2) is 109 Å². The van der Waals surface area contributed by atoms with Gasteiger partial charge >= 0.3 is 5.97 Å². The Bertz CT molecular complexity index is 1860. The summed E-state index contributed by atoms with van der Waals surface area (Å²) in [5.41, 5.74) is 1.01. The normalized spacial score (nSPS) is 12.4. The Kier molecular flexibility index (Phi) is 6.79. The summed E-state index contributed by atoms with van der Waals surface area (Å²) >= 11 is 5.95. The number of ketones is 1. The molecular formula is C33H20ClNO6. The Labute approximate surface area is 239 Å². The lowest BCUT2D eigenvalue weighted by Crippen LogP contribution is -2.29. The number of Topliss-reactive ketones (excluding diaryl/α,β-unsaturated/α-hetero) is 1. The van der Waals surface area contributed by atoms with Gasteiger partial charge in [-0.1, -0.05) is 66.2 Å². The largest absolute Gasteiger partial charge is 0.457 e. The van der Waals surface area contributed by atoms with Crippen molar-refractivity contribution in [3.8, 4) is 11.5 Å². The first-order valence-corrected chi connectivity index (χ1v) is 13.0. The van der Waals surface area contributed by atoms with Crippen LogP contribution in [-0.4, -0.2) is 30.2 Å². The summed E-state index contributed by atoms with van der Waals surface area (Å²) in [5.74, 6) is -1.59. The lowest BCUT2D eigenvalue weighted by molar-refractivity contribution is 0.0475. The van der Waals surface area contributed by atoms with Gasteiger partial charge in [-0.05, 0) is 65.4 Å². The molecule has 1 aliphatic heterocycles. The number of hydrogen-bond donors (Lipinski definition) is 0. The predicted octanol–water partition coefficient (Wildman–Crippen LogP) is 7.13. The van der Waals surface area contributed by atoms with Gasteiger partial charge in [0.1, 0.15) is 11.5 Å². The van der Waals surface area contributed by atoms with E-state index in [0.29, 0.717) is 16.3 Å². The van der Waals surface area contributed by atoms with E-state index in [9.17, 15) is 19.2 Å². The van der Waals surface area contributed by atoms with Crippen LogP contribution in [0.3, 0.4) is 0 Å². The molecule has 0 bridgehead atoms. The zero-order chi connectivity index (χ0) is 28.5. The second-order valence-corrected chi connectivity index (χ2v) is 9.69. The van der Waals surface area contributed by atoms with Gasteiger partial charge in [-0.2, -0.15) is 0 Å². The van der Waals surface area contributed by atoms with Crippen LogP contribution < -0.4 is 9.64 Å². The van der Waals surface area contributed by atoms with Crippen molar-refractivity contribution < 1.29 is 28.7 Å². The number of rotatable bonds is 7. The fraction of sp³-hybridized carbons (Fsp3) is 0.0303. The summed E-state index contributed by atoms with van der Waals surface area (Å²) in [4.78, 5) is 53.5. The number of imide groups is 1. The Morgan fingerprint density at radius 2 is 1.49 bits per heavy atom. The van der Waals surface area contributed by atoms with Gasteiger partial charge in [-0.25, -0.2) is 9.69 Å². The summed E-state index contributed by atoms with van der Waals surface area (Å²) < 4.78 is 11.2. The van der Waals surface area contributed by atoms with Crippen LogP contribution in [0.1, 0.15) is 41.4 Å². The Balaban J connectivity index is 1.21. The molecule has 8 heteroatoms. The number of halogens is 1. The van der Waals surface area contributed by atoms with Gasteiger partial charge in [-0.3, -0.25) is 14.4 Å². The number of benzene rings is 5. The lowest BCUT2D eigenvalue weighted by atomic mass is 10.0. The second-order valence-electron chi connectivity index (χ2n) is 9.26. The number of fused-ring (bicyclic) bond motifs is 2. The number of carbonyl (C=O) groups is 4. The Morgan fingerprint density at radius 3 is 2.32 bits per heavy atom. The number of esters is 1. The number of carbonyl (C=O) groups excluding carboxylic acids is 4. The number of ether oxygens (including phenoxy) is 2. The summed E-state index contributed by atoms with van der Waals surface area (Å²) in [6.45, 7) is -0.463. The first-order valence-electron chi connectivity index (χ1n) is 12.6. The van der Waals surface area contributed by atoms with Crippen LogP contribution in [0.5, 0.6) is 11.5 Å². The average molecular weight is 562 g/mol. The van der Waals surface area contributed by atoms with E-state index < -0.39 is 24.4 Å². The first kappa shape index (κ1) is 26.0. The summed E-state index contributed by atoms with van der Waals surface area (Å²) in [6, 6.07) is 30.1. The SMILES string of the molecule is O=C(OCC(=O)c1cccc2ccccc12)c1cccc(N2C(=O)c3cccc(Oc4ccc(Cl)cc4)c3C2=O)c1. The minimum Gasteiger partial charge on any atom is -0.457 e. The van der Waals surface area contributed by atoms with E-state index in [1.807, 2.05) is 30.3 Å². The van der Waals surface area contributed by atoms with Crippen LogP contribution in [0.2, 0.25) is 5.02 Å². The van der Waals surface area contributed by atoms with Gasteiger partial charge in [0, 0.05) is 10.6 Å². The van der Waals surface area contributed by atoms with Gasteiger partial charge in [0.25, 0.3) is 11.8 Å². The van der Waals surface area contributed by atoms with E-state index >= 15 is 0 Å². The highest BCUT2D eigenvalue weighted by atomic mass is 35.5. The van der Waals surface area contributed by atoms with Crippen LogP contribution >= 0.6 is 11.6 Å². The third-order valence-corrected chi connectivity index (χ3v) is 6.93. The third-order valence-electron chi connectivity index (χ3n) is 6.68. The van der Waals surface area contributed by atoms with E-state index in [1.165, 1.54) is 18.2 Å². The fourth-order valence-corrected chi connectivity index (χ4v) is 4.86. The summed E-state index contributed by atoms with van der Waals surface area (Å²) in [7, 11) is 0. The van der Waals surface area contributed by atoms with Crippen molar-refractivity contribution in [2.75, 3.05) is 11.5 Å². The monoisotopic (exact) mass is 561 g/mol. The number of anilines is 1. The van der Waals surface area contributed by atoms with Gasteiger partial charge < -0.3 is 9.47 Å². The van der Waals surface area contributed by atoms with Crippen molar-refractivity contribution in [1.82, 2.24) is 0 Å². The molecule has 6 rings (SSSR count). The molecule has 0 atom stereocenters. The summed E-state index contributed by atoms with van der Waals surface area (Å²) in [6.07, 6.45) is 0. The summed E-state index contributed by atoms with van der Waals surface area (Å²) in [5, 5.41) is 2.20. The smallest absolute Gasteiger partial charge is 0.338 e. The average Bonchev–Trinajstić information content (AvgIpc) is 3.26. The molecular weight excluding hydrogens is 542 g/mol. The molecule has 41 heavy (non-hydrogen) atoms. The third kappa shape index (κ3) is 4.95. The van der Waals surface area contributed by atoms with Gasteiger partial charge in [-0.15, -0.1) is 0 Å². The van der Waals surface area contributed by atoms with E-state index in [2.05, 4.69) is 0 Å². The topological polar surface area (TPSA) is 90.0 Å². The molecule has 0 N–H and O–H groups in total. The van der Waals surface area contributed by atoms with Gasteiger partial charge in [0.2, 0.25) is 5.78 Å². The maximum atomic E-state index is 13.5. The highest BCUT2D eigenvalue weighted by molar-refractivity contribution is 6.35. The molecule has 0 aliphatic carbocycles. The van der Waals surface area contributed by atoms with Gasteiger partial charge in [0.05, 0.1) is 22.4 Å². The number of hydrogen-bond acceptors (Lipinski definition) is 6. The molecule has 0 spiro atoms. The molecule has 0 saturated heterocycles. The Morgan fingerprint density at radius 1 is 0.756 bits per heavy atom. The van der Waals surface area contributed by atoms with Crippen LogP contribution in [0.4, 0.5) is 5.69 Å². The van der Waals surface area contributed by atoms with E-state index in [-0.39, 0.29) is 33.9 Å². The van der Waals surface area contributed by atoms with Crippen LogP contribution in [0, 0.1) is 0 Å². The molecule has 5 aromatic rings. The molecule has 0 aromatic heterocycles. The van der Waals surface area contributed by atoms with E-state index in [4.69, 9.17) is 21.1 Å².